The van der Waals surface area contributed by atoms with Crippen LogP contribution in [0, 0.1) is 17.6 Å². The van der Waals surface area contributed by atoms with Crippen molar-refractivity contribution < 1.29 is 18.7 Å². The van der Waals surface area contributed by atoms with E-state index in [1.165, 1.54) is 10.8 Å². The van der Waals surface area contributed by atoms with Gasteiger partial charge in [-0.3, -0.25) is 4.79 Å². The Balaban J connectivity index is 1.94. The lowest BCUT2D eigenvalue weighted by Gasteiger charge is -2.23. The minimum Gasteiger partial charge on any atom is -0.477 e. The van der Waals surface area contributed by atoms with Gasteiger partial charge in [0.1, 0.15) is 17.1 Å². The quantitative estimate of drug-likeness (QED) is 0.855. The fraction of sp³-hybridized carbons (Fsp3) is 0.474. The molecular weight excluding hydrogens is 356 g/mol. The molecule has 27 heavy (non-hydrogen) atoms. The van der Waals surface area contributed by atoms with E-state index in [1.807, 2.05) is 6.92 Å². The van der Waals surface area contributed by atoms with Crippen molar-refractivity contribution in [3.63, 3.8) is 0 Å². The number of pyridine rings is 1. The number of halogens is 2. The number of carboxylic acid groups (broad SMARTS) is 1. The summed E-state index contributed by atoms with van der Waals surface area (Å²) in [6.07, 6.45) is 3.45. The Bertz CT molecular complexity index is 998. The maximum absolute atomic E-state index is 15.5. The normalized spacial score (nSPS) is 21.0. The number of rotatable bonds is 4. The van der Waals surface area contributed by atoms with Crippen LogP contribution in [0.15, 0.2) is 17.1 Å². The Morgan fingerprint density at radius 3 is 2.59 bits per heavy atom. The van der Waals surface area contributed by atoms with Gasteiger partial charge >= 0.3 is 5.97 Å². The number of nitrogens with zero attached hydrogens (tertiary/aromatic N) is 2. The third-order valence-corrected chi connectivity index (χ3v) is 5.64. The third kappa shape index (κ3) is 2.88. The van der Waals surface area contributed by atoms with Crippen LogP contribution in [0.2, 0.25) is 0 Å². The van der Waals surface area contributed by atoms with Gasteiger partial charge in [0.15, 0.2) is 5.82 Å². The molecule has 1 aliphatic carbocycles. The maximum Gasteiger partial charge on any atom is 0.341 e. The summed E-state index contributed by atoms with van der Waals surface area (Å²) >= 11 is 0. The molecule has 2 aromatic rings. The number of carbonyl (C=O) groups is 1. The first-order valence-corrected chi connectivity index (χ1v) is 9.10. The lowest BCUT2D eigenvalue weighted by atomic mass is 10.0. The summed E-state index contributed by atoms with van der Waals surface area (Å²) < 4.78 is 31.7. The predicted octanol–water partition coefficient (Wildman–Crippen LogP) is 2.49. The van der Waals surface area contributed by atoms with E-state index in [4.69, 9.17) is 5.73 Å². The lowest BCUT2D eigenvalue weighted by Crippen LogP contribution is -2.30. The molecule has 2 heterocycles. The van der Waals surface area contributed by atoms with Gasteiger partial charge < -0.3 is 20.3 Å². The van der Waals surface area contributed by atoms with Crippen molar-refractivity contribution in [2.24, 2.45) is 11.7 Å². The molecule has 1 aliphatic heterocycles. The Morgan fingerprint density at radius 2 is 2.04 bits per heavy atom. The van der Waals surface area contributed by atoms with E-state index in [9.17, 15) is 19.1 Å². The van der Waals surface area contributed by atoms with Crippen molar-refractivity contribution in [3.05, 3.63) is 39.7 Å². The summed E-state index contributed by atoms with van der Waals surface area (Å²) in [7, 11) is 0. The summed E-state index contributed by atoms with van der Waals surface area (Å²) in [5.41, 5.74) is 4.40. The SMILES string of the molecule is C[C@H](N)[C@H]1CCN(c2c(F)cc3c(=O)c(C(=O)O)cn(C4CC4)c3c2F)C1. The zero-order chi connectivity index (χ0) is 19.5. The number of hydrogen-bond donors (Lipinski definition) is 2. The van der Waals surface area contributed by atoms with E-state index in [0.29, 0.717) is 13.1 Å². The van der Waals surface area contributed by atoms with Gasteiger partial charge in [0.25, 0.3) is 0 Å². The molecule has 1 aromatic heterocycles. The van der Waals surface area contributed by atoms with E-state index >= 15 is 4.39 Å². The van der Waals surface area contributed by atoms with Gasteiger partial charge in [-0.15, -0.1) is 0 Å². The number of benzene rings is 1. The van der Waals surface area contributed by atoms with Crippen LogP contribution in [0.25, 0.3) is 10.9 Å². The van der Waals surface area contributed by atoms with Crippen LogP contribution >= 0.6 is 0 Å². The molecule has 4 rings (SSSR count). The molecule has 2 atom stereocenters. The van der Waals surface area contributed by atoms with Gasteiger partial charge in [0.2, 0.25) is 5.43 Å². The van der Waals surface area contributed by atoms with Crippen LogP contribution in [0.5, 0.6) is 0 Å². The Labute approximate surface area is 154 Å². The lowest BCUT2D eigenvalue weighted by molar-refractivity contribution is 0.0695. The second-order valence-electron chi connectivity index (χ2n) is 7.59. The molecule has 0 unspecified atom stereocenters. The van der Waals surface area contributed by atoms with Crippen LogP contribution < -0.4 is 16.1 Å². The highest BCUT2D eigenvalue weighted by Gasteiger charge is 2.33. The van der Waals surface area contributed by atoms with Crippen LogP contribution in [0.4, 0.5) is 14.5 Å². The van der Waals surface area contributed by atoms with Crippen LogP contribution in [-0.4, -0.2) is 34.8 Å². The third-order valence-electron chi connectivity index (χ3n) is 5.64. The van der Waals surface area contributed by atoms with Crippen LogP contribution in [0.3, 0.4) is 0 Å². The summed E-state index contributed by atoms with van der Waals surface area (Å²) in [5, 5.41) is 9.04. The number of anilines is 1. The predicted molar refractivity (Wildman–Crippen MR) is 97.3 cm³/mol. The topological polar surface area (TPSA) is 88.6 Å². The molecule has 2 fully saturated rings. The van der Waals surface area contributed by atoms with E-state index < -0.39 is 28.6 Å². The van der Waals surface area contributed by atoms with Gasteiger partial charge in [-0.1, -0.05) is 0 Å². The highest BCUT2D eigenvalue weighted by Crippen LogP contribution is 2.40. The molecule has 8 heteroatoms. The molecule has 1 saturated heterocycles. The van der Waals surface area contributed by atoms with E-state index in [2.05, 4.69) is 0 Å². The number of aromatic nitrogens is 1. The minimum absolute atomic E-state index is 0.0202. The standard InChI is InChI=1S/C19H21F2N3O3/c1-9(22)10-4-5-23(7-10)17-14(20)6-12-16(15(17)21)24(11-2-3-11)8-13(18(12)25)19(26)27/h6,8-11H,2-5,7,22H2,1H3,(H,26,27)/t9-,10-/m0/s1. The molecule has 0 bridgehead atoms. The number of carboxylic acids is 1. The fourth-order valence-corrected chi connectivity index (χ4v) is 3.93. The van der Waals surface area contributed by atoms with Crippen molar-refractivity contribution in [3.8, 4) is 0 Å². The molecule has 2 aliphatic rings. The van der Waals surface area contributed by atoms with Crippen LogP contribution in [0.1, 0.15) is 42.6 Å². The fourth-order valence-electron chi connectivity index (χ4n) is 3.93. The molecule has 3 N–H and O–H groups in total. The molecule has 144 valence electrons. The Kier molecular flexibility index (Phi) is 4.18. The zero-order valence-corrected chi connectivity index (χ0v) is 14.9. The van der Waals surface area contributed by atoms with E-state index in [0.717, 1.165) is 25.3 Å². The molecule has 6 nitrogen and oxygen atoms in total. The second kappa shape index (κ2) is 6.30. The summed E-state index contributed by atoms with van der Waals surface area (Å²) in [6.45, 7) is 2.80. The highest BCUT2D eigenvalue weighted by molar-refractivity contribution is 5.94. The number of hydrogen-bond acceptors (Lipinski definition) is 4. The van der Waals surface area contributed by atoms with Crippen molar-refractivity contribution in [2.75, 3.05) is 18.0 Å². The largest absolute Gasteiger partial charge is 0.477 e. The van der Waals surface area contributed by atoms with Gasteiger partial charge in [-0.2, -0.15) is 0 Å². The second-order valence-corrected chi connectivity index (χ2v) is 7.59. The van der Waals surface area contributed by atoms with Crippen molar-refractivity contribution in [1.82, 2.24) is 4.57 Å². The summed E-state index contributed by atoms with van der Waals surface area (Å²) in [5.74, 6) is -2.93. The Morgan fingerprint density at radius 1 is 1.33 bits per heavy atom. The van der Waals surface area contributed by atoms with Crippen molar-refractivity contribution in [1.29, 1.82) is 0 Å². The first-order chi connectivity index (χ1) is 12.8. The Hall–Kier alpha value is -2.48. The zero-order valence-electron chi connectivity index (χ0n) is 14.9. The summed E-state index contributed by atoms with van der Waals surface area (Å²) in [4.78, 5) is 25.5. The first kappa shape index (κ1) is 17.9. The highest BCUT2D eigenvalue weighted by atomic mass is 19.1. The minimum atomic E-state index is -1.40. The molecule has 1 aromatic carbocycles. The number of fused-ring (bicyclic) bond motifs is 1. The molecule has 0 amide bonds. The van der Waals surface area contributed by atoms with Gasteiger partial charge in [-0.05, 0) is 38.2 Å². The average Bonchev–Trinajstić information content (AvgIpc) is 3.32. The van der Waals surface area contributed by atoms with Gasteiger partial charge in [0.05, 0.1) is 10.9 Å². The number of nitrogens with two attached hydrogens (primary N) is 1. The summed E-state index contributed by atoms with van der Waals surface area (Å²) in [6, 6.07) is 0.819. The van der Waals surface area contributed by atoms with Crippen molar-refractivity contribution in [2.45, 2.75) is 38.3 Å². The molecular formula is C19H21F2N3O3. The van der Waals surface area contributed by atoms with Crippen LogP contribution in [-0.2, 0) is 0 Å². The molecule has 1 saturated carbocycles. The average molecular weight is 377 g/mol. The molecule has 0 radical (unpaired) electrons. The van der Waals surface area contributed by atoms with Gasteiger partial charge in [0, 0.05) is 31.4 Å². The molecule has 0 spiro atoms. The maximum atomic E-state index is 15.5. The smallest absolute Gasteiger partial charge is 0.341 e. The monoisotopic (exact) mass is 377 g/mol. The van der Waals surface area contributed by atoms with E-state index in [1.54, 1.807) is 4.90 Å². The first-order valence-electron chi connectivity index (χ1n) is 9.10. The number of aromatic carboxylic acids is 1. The van der Waals surface area contributed by atoms with Gasteiger partial charge in [-0.25, -0.2) is 13.6 Å². The van der Waals surface area contributed by atoms with Crippen molar-refractivity contribution >= 4 is 22.6 Å². The van der Waals surface area contributed by atoms with E-state index in [-0.39, 0.29) is 34.6 Å².